The monoisotopic (exact) mass is 377 g/mol. The summed E-state index contributed by atoms with van der Waals surface area (Å²) in [5.41, 5.74) is 5.02. The molecule has 4 rings (SSSR count). The number of hydrogen-bond acceptors (Lipinski definition) is 4. The molecule has 2 heterocycles. The highest BCUT2D eigenvalue weighted by atomic mass is 16.1. The second-order valence-electron chi connectivity index (χ2n) is 6.48. The van der Waals surface area contributed by atoms with Gasteiger partial charge in [-0.2, -0.15) is 0 Å². The van der Waals surface area contributed by atoms with Gasteiger partial charge in [-0.1, -0.05) is 53.2 Å². The van der Waals surface area contributed by atoms with Crippen LogP contribution in [0.2, 0.25) is 0 Å². The number of carbonyl (C=O) groups excluding carboxylic acids is 2. The topological polar surface area (TPSA) is 69.8 Å². The summed E-state index contributed by atoms with van der Waals surface area (Å²) < 4.78 is 3.88. The highest BCUT2D eigenvalue weighted by Gasteiger charge is 2.09. The molecule has 0 atom stereocenters. The van der Waals surface area contributed by atoms with Crippen LogP contribution in [0.1, 0.15) is 35.5 Å². The van der Waals surface area contributed by atoms with E-state index in [4.69, 9.17) is 4.79 Å². The smallest absolute Gasteiger partial charge is 0.152 e. The first-order valence-corrected chi connectivity index (χ1v) is 9.02. The fraction of sp³-hybridized carbons (Fsp3) is 0.182. The molecule has 0 amide bonds. The molecule has 0 saturated carbocycles. The molecular weight excluding hydrogens is 352 g/mol. The summed E-state index contributed by atoms with van der Waals surface area (Å²) in [7, 11) is 0. The molecule has 0 N–H and O–H groups in total. The van der Waals surface area contributed by atoms with Crippen molar-refractivity contribution in [2.24, 2.45) is 0 Å². The van der Waals surface area contributed by atoms with Gasteiger partial charge in [0.2, 0.25) is 0 Å². The van der Waals surface area contributed by atoms with Gasteiger partial charge in [-0.25, -0.2) is 4.68 Å². The zero-order valence-electron chi connectivity index (χ0n) is 15.9. The third kappa shape index (κ3) is 4.40. The van der Waals surface area contributed by atoms with Crippen LogP contribution in [-0.2, 0) is 17.9 Å². The number of benzene rings is 2. The lowest BCUT2D eigenvalue weighted by atomic mass is 10.1. The molecule has 2 aromatic carbocycles. The Morgan fingerprint density at radius 2 is 1.71 bits per heavy atom. The summed E-state index contributed by atoms with van der Waals surface area (Å²) in [5.74, 6) is 0. The van der Waals surface area contributed by atoms with E-state index >= 15 is 0 Å². The predicted octanol–water partition coefficient (Wildman–Crippen LogP) is 3.90. The van der Waals surface area contributed by atoms with Crippen molar-refractivity contribution >= 4 is 23.5 Å². The van der Waals surface area contributed by atoms with Gasteiger partial charge in [0.1, 0.15) is 12.0 Å². The van der Waals surface area contributed by atoms with E-state index in [1.807, 2.05) is 45.9 Å². The van der Waals surface area contributed by atoms with E-state index in [1.165, 1.54) is 18.1 Å². The van der Waals surface area contributed by atoms with E-state index in [0.29, 0.717) is 18.7 Å². The second-order valence-corrected chi connectivity index (χ2v) is 6.48. The largest absolute Gasteiger partial charge is 0.341 e. The molecule has 2 aromatic heterocycles. The first kappa shape index (κ1) is 19.2. The third-order valence-electron chi connectivity index (χ3n) is 4.33. The summed E-state index contributed by atoms with van der Waals surface area (Å²) in [5, 5.41) is 9.45. The number of rotatable bonds is 5. The second kappa shape index (κ2) is 8.90. The molecule has 0 saturated heterocycles. The molecule has 0 bridgehead atoms. The van der Waals surface area contributed by atoms with Gasteiger partial charge in [0.05, 0.1) is 19.3 Å². The summed E-state index contributed by atoms with van der Waals surface area (Å²) >= 11 is 0. The summed E-state index contributed by atoms with van der Waals surface area (Å²) in [6, 6.07) is 16.3. The van der Waals surface area contributed by atoms with Crippen molar-refractivity contribution in [3.05, 3.63) is 83.3 Å². The Labute approximate surface area is 164 Å². The number of aldehydes is 2. The van der Waals surface area contributed by atoms with E-state index in [9.17, 15) is 4.79 Å². The summed E-state index contributed by atoms with van der Waals surface area (Å²) in [4.78, 5) is 20.1. The van der Waals surface area contributed by atoms with Crippen LogP contribution in [0.3, 0.4) is 0 Å². The average Bonchev–Trinajstić information content (AvgIpc) is 3.29. The van der Waals surface area contributed by atoms with Gasteiger partial charge in [0.25, 0.3) is 0 Å². The number of aryl methyl sites for hydroxylation is 1. The Balaban J connectivity index is 0.000000708. The minimum Gasteiger partial charge on any atom is -0.341 e. The highest BCUT2D eigenvalue weighted by molar-refractivity contribution is 5.97. The number of aromatic nitrogens is 4. The summed E-state index contributed by atoms with van der Waals surface area (Å²) in [6.07, 6.45) is 5.47. The van der Waals surface area contributed by atoms with Crippen LogP contribution in [0.5, 0.6) is 0 Å². The first-order valence-electron chi connectivity index (χ1n) is 9.02. The minimum absolute atomic E-state index is 0. The summed E-state index contributed by atoms with van der Waals surface area (Å²) in [6.45, 7) is 4.80. The van der Waals surface area contributed by atoms with Crippen molar-refractivity contribution < 1.29 is 11.0 Å². The number of fused-ring (bicyclic) bond motifs is 1. The van der Waals surface area contributed by atoms with Crippen molar-refractivity contribution in [3.63, 3.8) is 0 Å². The molecule has 0 aliphatic rings. The first-order chi connectivity index (χ1) is 13.6. The van der Waals surface area contributed by atoms with Crippen LogP contribution in [0, 0.1) is 6.92 Å². The van der Waals surface area contributed by atoms with E-state index < -0.39 is 0 Å². The predicted molar refractivity (Wildman–Crippen MR) is 111 cm³/mol. The molecule has 144 valence electrons. The van der Waals surface area contributed by atoms with Crippen LogP contribution in [0.4, 0.5) is 0 Å². The lowest BCUT2D eigenvalue weighted by Crippen LogP contribution is -2.00. The zero-order valence-corrected chi connectivity index (χ0v) is 15.9. The Bertz CT molecular complexity index is 1080. The molecule has 6 nitrogen and oxygen atoms in total. The van der Waals surface area contributed by atoms with Crippen LogP contribution >= 0.6 is 0 Å². The van der Waals surface area contributed by atoms with Crippen LogP contribution < -0.4 is 0 Å². The number of nitrogens with zero attached hydrogens (tertiary/aromatic N) is 4. The van der Waals surface area contributed by atoms with Crippen molar-refractivity contribution in [1.29, 1.82) is 0 Å². The third-order valence-corrected chi connectivity index (χ3v) is 4.33. The molecular formula is C22H24N4O2. The van der Waals surface area contributed by atoms with Crippen molar-refractivity contribution in [1.82, 2.24) is 19.6 Å². The molecule has 6 heteroatoms. The van der Waals surface area contributed by atoms with Crippen molar-refractivity contribution in [2.75, 3.05) is 0 Å². The molecule has 0 aliphatic heterocycles. The minimum atomic E-state index is 0. The Morgan fingerprint density at radius 1 is 1.00 bits per heavy atom. The molecule has 0 fully saturated rings. The van der Waals surface area contributed by atoms with Crippen molar-refractivity contribution in [2.45, 2.75) is 26.9 Å². The van der Waals surface area contributed by atoms with Crippen molar-refractivity contribution in [3.8, 4) is 0 Å². The normalized spacial score (nSPS) is 10.4. The van der Waals surface area contributed by atoms with Gasteiger partial charge in [-0.15, -0.1) is 5.10 Å². The van der Waals surface area contributed by atoms with Gasteiger partial charge < -0.3 is 9.36 Å². The number of carbonyl (C=O) groups is 2. The Kier molecular flexibility index (Phi) is 6.11. The fourth-order valence-electron chi connectivity index (χ4n) is 3.04. The van der Waals surface area contributed by atoms with Crippen LogP contribution in [-0.4, -0.2) is 32.1 Å². The Morgan fingerprint density at radius 3 is 2.43 bits per heavy atom. The molecule has 0 unspecified atom stereocenters. The zero-order chi connectivity index (χ0) is 19.9. The number of hydrogen-bond donors (Lipinski definition) is 0. The maximum absolute atomic E-state index is 11.3. The molecule has 0 spiro atoms. The van der Waals surface area contributed by atoms with Crippen LogP contribution in [0.25, 0.3) is 10.9 Å². The van der Waals surface area contributed by atoms with E-state index in [-0.39, 0.29) is 1.43 Å². The van der Waals surface area contributed by atoms with E-state index in [0.717, 1.165) is 29.2 Å². The lowest BCUT2D eigenvalue weighted by Gasteiger charge is -2.02. The maximum Gasteiger partial charge on any atom is 0.152 e. The molecule has 28 heavy (non-hydrogen) atoms. The van der Waals surface area contributed by atoms with E-state index in [1.54, 1.807) is 0 Å². The highest BCUT2D eigenvalue weighted by Crippen LogP contribution is 2.20. The standard InChI is InChI=1S/C20H18N4O.C2H4O.H2/c1-15-6-8-16(9-7-15)10-24-13-18(21-22-24)12-23-11-17(14-25)19-4-2-3-5-20(19)23;1-2-3;/h2-9,11,13-14H,10,12H2,1H3;2H,1H3;1H/i;;1+1. The fourth-order valence-corrected chi connectivity index (χ4v) is 3.04. The molecule has 0 aliphatic carbocycles. The lowest BCUT2D eigenvalue weighted by molar-refractivity contribution is -0.106. The van der Waals surface area contributed by atoms with Gasteiger partial charge in [-0.05, 0) is 25.5 Å². The number of para-hydroxylation sites is 1. The average molecular weight is 377 g/mol. The quantitative estimate of drug-likeness (QED) is 0.495. The Hall–Kier alpha value is -3.54. The molecule has 0 radical (unpaired) electrons. The van der Waals surface area contributed by atoms with Gasteiger partial charge in [0.15, 0.2) is 6.29 Å². The van der Waals surface area contributed by atoms with Gasteiger partial charge in [0, 0.05) is 24.1 Å². The van der Waals surface area contributed by atoms with E-state index in [2.05, 4.69) is 41.5 Å². The molecule has 4 aromatic rings. The van der Waals surface area contributed by atoms with Gasteiger partial charge >= 0.3 is 0 Å². The SMILES string of the molecule is CC=O.Cc1ccc(Cn2cc(Cn3cc(C=O)c4ccccc43)nn2)cc1.[2HH]. The maximum atomic E-state index is 11.3. The van der Waals surface area contributed by atoms with Crippen LogP contribution in [0.15, 0.2) is 60.9 Å². The van der Waals surface area contributed by atoms with Gasteiger partial charge in [-0.3, -0.25) is 4.79 Å².